The van der Waals surface area contributed by atoms with Gasteiger partial charge in [-0.15, -0.1) is 0 Å². The van der Waals surface area contributed by atoms with Gasteiger partial charge in [0.15, 0.2) is 0 Å². The van der Waals surface area contributed by atoms with E-state index < -0.39 is 28.6 Å². The Morgan fingerprint density at radius 1 is 1.00 bits per heavy atom. The van der Waals surface area contributed by atoms with Gasteiger partial charge in [0.1, 0.15) is 0 Å². The monoisotopic (exact) mass is 286 g/mol. The summed E-state index contributed by atoms with van der Waals surface area (Å²) in [7, 11) is 0. The van der Waals surface area contributed by atoms with E-state index >= 15 is 0 Å². The van der Waals surface area contributed by atoms with Gasteiger partial charge < -0.3 is 15.7 Å². The van der Waals surface area contributed by atoms with E-state index in [1.54, 1.807) is 41.5 Å². The third kappa shape index (κ3) is 6.54. The topological polar surface area (TPSA) is 95.5 Å². The Hall–Kier alpha value is -1.59. The molecular formula is C14H26N2O4. The highest BCUT2D eigenvalue weighted by atomic mass is 16.4. The van der Waals surface area contributed by atoms with E-state index in [1.807, 2.05) is 0 Å². The Kier molecular flexibility index (Phi) is 6.19. The second-order valence-corrected chi connectivity index (χ2v) is 6.99. The minimum atomic E-state index is -0.948. The van der Waals surface area contributed by atoms with Gasteiger partial charge in [-0.05, 0) is 5.41 Å². The first kappa shape index (κ1) is 18.4. The van der Waals surface area contributed by atoms with Crippen LogP contribution in [-0.2, 0) is 14.4 Å². The first-order valence-electron chi connectivity index (χ1n) is 6.63. The second kappa shape index (κ2) is 6.72. The maximum atomic E-state index is 11.6. The average molecular weight is 286 g/mol. The van der Waals surface area contributed by atoms with Gasteiger partial charge in [-0.3, -0.25) is 14.4 Å². The molecule has 6 heteroatoms. The quantitative estimate of drug-likeness (QED) is 0.703. The Morgan fingerprint density at radius 3 is 1.85 bits per heavy atom. The molecule has 0 aromatic rings. The third-order valence-corrected chi connectivity index (χ3v) is 2.94. The van der Waals surface area contributed by atoms with Gasteiger partial charge in [0.2, 0.25) is 11.8 Å². The second-order valence-electron chi connectivity index (χ2n) is 6.99. The first-order chi connectivity index (χ1) is 8.85. The summed E-state index contributed by atoms with van der Waals surface area (Å²) in [6.07, 6.45) is 0. The van der Waals surface area contributed by atoms with Gasteiger partial charge in [-0.2, -0.15) is 0 Å². The normalized spacial score (nSPS) is 13.5. The van der Waals surface area contributed by atoms with Gasteiger partial charge >= 0.3 is 5.97 Å². The number of hydrogen-bond acceptors (Lipinski definition) is 3. The lowest BCUT2D eigenvalue weighted by atomic mass is 9.81. The molecule has 6 nitrogen and oxygen atoms in total. The summed E-state index contributed by atoms with van der Waals surface area (Å²) in [6.45, 7) is 10.6. The molecule has 0 aromatic carbocycles. The van der Waals surface area contributed by atoms with Crippen LogP contribution in [-0.4, -0.2) is 36.0 Å². The number of nitrogens with one attached hydrogen (secondary N) is 2. The molecule has 0 fully saturated rings. The number of rotatable bonds is 5. The Bertz CT molecular complexity index is 378. The van der Waals surface area contributed by atoms with E-state index in [4.69, 9.17) is 5.11 Å². The Morgan fingerprint density at radius 2 is 1.50 bits per heavy atom. The zero-order chi connectivity index (χ0) is 16.1. The van der Waals surface area contributed by atoms with Crippen molar-refractivity contribution in [3.05, 3.63) is 0 Å². The highest BCUT2D eigenvalue weighted by Gasteiger charge is 2.31. The number of carbonyl (C=O) groups is 3. The highest BCUT2D eigenvalue weighted by molar-refractivity contribution is 5.87. The van der Waals surface area contributed by atoms with Crippen molar-refractivity contribution in [2.24, 2.45) is 16.7 Å². The van der Waals surface area contributed by atoms with Crippen molar-refractivity contribution in [2.75, 3.05) is 13.1 Å². The fraction of sp³-hybridized carbons (Fsp3) is 0.786. The van der Waals surface area contributed by atoms with E-state index in [9.17, 15) is 14.4 Å². The van der Waals surface area contributed by atoms with Crippen molar-refractivity contribution in [1.29, 1.82) is 0 Å². The molecule has 0 heterocycles. The molecular weight excluding hydrogens is 260 g/mol. The van der Waals surface area contributed by atoms with E-state index in [0.717, 1.165) is 0 Å². The molecule has 0 spiro atoms. The number of hydrogen-bond donors (Lipinski definition) is 3. The maximum absolute atomic E-state index is 11.6. The minimum Gasteiger partial charge on any atom is -0.481 e. The average Bonchev–Trinajstić information content (AvgIpc) is 2.22. The third-order valence-electron chi connectivity index (χ3n) is 2.94. The Balaban J connectivity index is 4.29. The molecule has 116 valence electrons. The van der Waals surface area contributed by atoms with Crippen molar-refractivity contribution in [1.82, 2.24) is 10.6 Å². The van der Waals surface area contributed by atoms with Crippen LogP contribution in [0.5, 0.6) is 0 Å². The van der Waals surface area contributed by atoms with Crippen LogP contribution in [0.2, 0.25) is 0 Å². The van der Waals surface area contributed by atoms with Crippen molar-refractivity contribution >= 4 is 17.8 Å². The molecule has 20 heavy (non-hydrogen) atoms. The van der Waals surface area contributed by atoms with Crippen molar-refractivity contribution in [2.45, 2.75) is 41.5 Å². The number of amides is 2. The molecule has 0 aliphatic rings. The standard InChI is InChI=1S/C14H26N2O4/c1-13(2,3)9(11(18)19)7-15-10(17)8-16-12(20)14(4,5)6/h9H,7-8H2,1-6H3,(H,15,17)(H,16,20)(H,18,19). The van der Waals surface area contributed by atoms with Crippen LogP contribution < -0.4 is 10.6 Å². The van der Waals surface area contributed by atoms with Crippen LogP contribution in [0.15, 0.2) is 0 Å². The summed E-state index contributed by atoms with van der Waals surface area (Å²) in [6, 6.07) is 0. The number of carboxylic acid groups (broad SMARTS) is 1. The molecule has 0 aliphatic heterocycles. The van der Waals surface area contributed by atoms with E-state index in [0.29, 0.717) is 0 Å². The van der Waals surface area contributed by atoms with E-state index in [2.05, 4.69) is 10.6 Å². The summed E-state index contributed by atoms with van der Waals surface area (Å²) in [5.74, 6) is -2.24. The molecule has 3 N–H and O–H groups in total. The lowest BCUT2D eigenvalue weighted by molar-refractivity contribution is -0.145. The van der Waals surface area contributed by atoms with Crippen LogP contribution >= 0.6 is 0 Å². The van der Waals surface area contributed by atoms with E-state index in [1.165, 1.54) is 0 Å². The summed E-state index contributed by atoms with van der Waals surface area (Å²) < 4.78 is 0. The Labute approximate surface area is 120 Å². The van der Waals surface area contributed by atoms with Crippen molar-refractivity contribution in [3.63, 3.8) is 0 Å². The van der Waals surface area contributed by atoms with Gasteiger partial charge in [0.25, 0.3) is 0 Å². The van der Waals surface area contributed by atoms with Crippen LogP contribution in [0.4, 0.5) is 0 Å². The van der Waals surface area contributed by atoms with Crippen LogP contribution in [0.3, 0.4) is 0 Å². The lowest BCUT2D eigenvalue weighted by Gasteiger charge is -2.27. The number of aliphatic carboxylic acids is 1. The minimum absolute atomic E-state index is 0.0447. The van der Waals surface area contributed by atoms with Gasteiger partial charge in [-0.25, -0.2) is 0 Å². The molecule has 1 unspecified atom stereocenters. The maximum Gasteiger partial charge on any atom is 0.308 e. The molecule has 0 saturated heterocycles. The fourth-order valence-corrected chi connectivity index (χ4v) is 1.47. The van der Waals surface area contributed by atoms with Crippen molar-refractivity contribution < 1.29 is 19.5 Å². The fourth-order valence-electron chi connectivity index (χ4n) is 1.47. The molecule has 0 aromatic heterocycles. The zero-order valence-electron chi connectivity index (χ0n) is 13.2. The SMILES string of the molecule is CC(C)(C)C(=O)NCC(=O)NCC(C(=O)O)C(C)(C)C. The zero-order valence-corrected chi connectivity index (χ0v) is 13.2. The van der Waals surface area contributed by atoms with Crippen molar-refractivity contribution in [3.8, 4) is 0 Å². The van der Waals surface area contributed by atoms with E-state index in [-0.39, 0.29) is 19.0 Å². The van der Waals surface area contributed by atoms with Gasteiger partial charge in [-0.1, -0.05) is 41.5 Å². The summed E-state index contributed by atoms with van der Waals surface area (Å²) >= 11 is 0. The number of carbonyl (C=O) groups excluding carboxylic acids is 2. The summed E-state index contributed by atoms with van der Waals surface area (Å²) in [4.78, 5) is 34.3. The summed E-state index contributed by atoms with van der Waals surface area (Å²) in [5.41, 5.74) is -1.01. The summed E-state index contributed by atoms with van der Waals surface area (Å²) in [5, 5.41) is 14.2. The van der Waals surface area contributed by atoms with Gasteiger partial charge in [0, 0.05) is 12.0 Å². The molecule has 1 atom stereocenters. The van der Waals surface area contributed by atoms with Gasteiger partial charge in [0.05, 0.1) is 12.5 Å². The smallest absolute Gasteiger partial charge is 0.308 e. The lowest BCUT2D eigenvalue weighted by Crippen LogP contribution is -2.45. The molecule has 0 aliphatic carbocycles. The first-order valence-corrected chi connectivity index (χ1v) is 6.63. The van der Waals surface area contributed by atoms with Crippen LogP contribution in [0.25, 0.3) is 0 Å². The predicted octanol–water partition coefficient (Wildman–Crippen LogP) is 1.01. The van der Waals surface area contributed by atoms with Crippen LogP contribution in [0, 0.1) is 16.7 Å². The highest BCUT2D eigenvalue weighted by Crippen LogP contribution is 2.25. The molecule has 2 amide bonds. The molecule has 0 radical (unpaired) electrons. The predicted molar refractivity (Wildman–Crippen MR) is 76.1 cm³/mol. The largest absolute Gasteiger partial charge is 0.481 e. The molecule has 0 saturated carbocycles. The molecule has 0 rings (SSSR count). The van der Waals surface area contributed by atoms with Crippen LogP contribution in [0.1, 0.15) is 41.5 Å². The molecule has 0 bridgehead atoms. The number of carboxylic acids is 1.